The van der Waals surface area contributed by atoms with Crippen molar-refractivity contribution in [3.05, 3.63) is 53.1 Å². The maximum atomic E-state index is 12.7. The second kappa shape index (κ2) is 4.77. The molecule has 0 aliphatic carbocycles. The van der Waals surface area contributed by atoms with Crippen molar-refractivity contribution < 1.29 is 8.78 Å². The molecule has 0 radical (unpaired) electrons. The van der Waals surface area contributed by atoms with Crippen molar-refractivity contribution in [2.75, 3.05) is 5.73 Å². The molecule has 0 atom stereocenters. The third-order valence-corrected chi connectivity index (χ3v) is 2.78. The molecule has 0 saturated heterocycles. The molecule has 0 aliphatic rings. The quantitative estimate of drug-likeness (QED) is 0.777. The first kappa shape index (κ1) is 12.6. The minimum absolute atomic E-state index is 0.0378. The number of benzene rings is 2. The van der Waals surface area contributed by atoms with Crippen LogP contribution in [0.1, 0.15) is 23.1 Å². The number of halogens is 2. The summed E-state index contributed by atoms with van der Waals surface area (Å²) < 4.78 is 25.5. The molecule has 1 nitrogen and oxygen atoms in total. The molecule has 0 fully saturated rings. The highest BCUT2D eigenvalue weighted by molar-refractivity contribution is 5.69. The van der Waals surface area contributed by atoms with Crippen molar-refractivity contribution in [2.45, 2.75) is 20.3 Å². The molecule has 0 saturated carbocycles. The molecule has 18 heavy (non-hydrogen) atoms. The van der Waals surface area contributed by atoms with Crippen molar-refractivity contribution in [1.82, 2.24) is 0 Å². The van der Waals surface area contributed by atoms with E-state index >= 15 is 0 Å². The third kappa shape index (κ3) is 2.67. The van der Waals surface area contributed by atoms with Crippen molar-refractivity contribution >= 4 is 5.69 Å². The predicted octanol–water partition coefficient (Wildman–Crippen LogP) is 4.49. The van der Waals surface area contributed by atoms with E-state index in [2.05, 4.69) is 0 Å². The first-order valence-corrected chi connectivity index (χ1v) is 5.73. The van der Waals surface area contributed by atoms with E-state index in [9.17, 15) is 8.78 Å². The van der Waals surface area contributed by atoms with E-state index in [1.165, 1.54) is 12.1 Å². The van der Waals surface area contributed by atoms with Gasteiger partial charge < -0.3 is 5.73 Å². The molecule has 0 aromatic heterocycles. The monoisotopic (exact) mass is 247 g/mol. The average Bonchev–Trinajstić information content (AvgIpc) is 2.26. The van der Waals surface area contributed by atoms with Gasteiger partial charge in [-0.05, 0) is 43.2 Å². The topological polar surface area (TPSA) is 26.0 Å². The van der Waals surface area contributed by atoms with Gasteiger partial charge in [0.15, 0.2) is 0 Å². The molecule has 2 aromatic rings. The fourth-order valence-electron chi connectivity index (χ4n) is 2.11. The van der Waals surface area contributed by atoms with Crippen molar-refractivity contribution in [3.63, 3.8) is 0 Å². The maximum Gasteiger partial charge on any atom is 0.263 e. The zero-order valence-corrected chi connectivity index (χ0v) is 10.4. The molecule has 2 N–H and O–H groups in total. The number of rotatable bonds is 2. The molecule has 0 unspecified atom stereocenters. The Labute approximate surface area is 105 Å². The lowest BCUT2D eigenvalue weighted by atomic mass is 9.98. The van der Waals surface area contributed by atoms with Crippen LogP contribution in [-0.2, 0) is 0 Å². The van der Waals surface area contributed by atoms with Crippen molar-refractivity contribution in [1.29, 1.82) is 0 Å². The van der Waals surface area contributed by atoms with Gasteiger partial charge in [-0.15, -0.1) is 0 Å². The maximum absolute atomic E-state index is 12.7. The van der Waals surface area contributed by atoms with E-state index in [0.29, 0.717) is 5.69 Å². The third-order valence-electron chi connectivity index (χ3n) is 2.78. The summed E-state index contributed by atoms with van der Waals surface area (Å²) in [6.45, 7) is 3.97. The van der Waals surface area contributed by atoms with Crippen LogP contribution in [0.4, 0.5) is 14.5 Å². The average molecular weight is 247 g/mol. The summed E-state index contributed by atoms with van der Waals surface area (Å²) in [6.07, 6.45) is -2.50. The van der Waals surface area contributed by atoms with E-state index in [1.54, 1.807) is 6.07 Å². The summed E-state index contributed by atoms with van der Waals surface area (Å²) >= 11 is 0. The standard InChI is InChI=1S/C15H15F2N/c1-9-3-10(2)5-11(4-9)12-6-13(15(16)17)8-14(18)7-12/h3-8,15H,18H2,1-2H3. The molecular formula is C15H15F2N. The van der Waals surface area contributed by atoms with Gasteiger partial charge in [0.25, 0.3) is 6.43 Å². The van der Waals surface area contributed by atoms with Crippen molar-refractivity contribution in [3.8, 4) is 11.1 Å². The Morgan fingerprint density at radius 2 is 1.39 bits per heavy atom. The van der Waals surface area contributed by atoms with E-state index in [-0.39, 0.29) is 5.56 Å². The van der Waals surface area contributed by atoms with Crippen LogP contribution in [0.2, 0.25) is 0 Å². The van der Waals surface area contributed by atoms with Crippen LogP contribution in [0.25, 0.3) is 11.1 Å². The highest BCUT2D eigenvalue weighted by atomic mass is 19.3. The van der Waals surface area contributed by atoms with Crippen LogP contribution in [0.5, 0.6) is 0 Å². The Morgan fingerprint density at radius 3 is 1.94 bits per heavy atom. The number of aryl methyl sites for hydroxylation is 2. The lowest BCUT2D eigenvalue weighted by molar-refractivity contribution is 0.151. The first-order chi connectivity index (χ1) is 8.45. The van der Waals surface area contributed by atoms with E-state index in [1.807, 2.05) is 32.0 Å². The Kier molecular flexibility index (Phi) is 3.32. The fraction of sp³-hybridized carbons (Fsp3) is 0.200. The van der Waals surface area contributed by atoms with Gasteiger partial charge in [0.1, 0.15) is 0 Å². The highest BCUT2D eigenvalue weighted by Crippen LogP contribution is 2.29. The molecule has 0 spiro atoms. The molecule has 0 bridgehead atoms. The summed E-state index contributed by atoms with van der Waals surface area (Å²) in [7, 11) is 0. The van der Waals surface area contributed by atoms with Gasteiger partial charge in [0.2, 0.25) is 0 Å². The number of anilines is 1. The van der Waals surface area contributed by atoms with Gasteiger partial charge >= 0.3 is 0 Å². The van der Waals surface area contributed by atoms with Gasteiger partial charge in [-0.2, -0.15) is 0 Å². The van der Waals surface area contributed by atoms with Gasteiger partial charge in [-0.1, -0.05) is 29.3 Å². The molecular weight excluding hydrogens is 232 g/mol. The smallest absolute Gasteiger partial charge is 0.263 e. The zero-order chi connectivity index (χ0) is 13.3. The Hall–Kier alpha value is -1.90. The van der Waals surface area contributed by atoms with Gasteiger partial charge in [-0.25, -0.2) is 8.78 Å². The van der Waals surface area contributed by atoms with Crippen LogP contribution in [0.3, 0.4) is 0 Å². The first-order valence-electron chi connectivity index (χ1n) is 5.73. The lowest BCUT2D eigenvalue weighted by Crippen LogP contribution is -1.92. The molecule has 3 heteroatoms. The molecule has 2 rings (SSSR count). The van der Waals surface area contributed by atoms with Gasteiger partial charge in [0.05, 0.1) is 0 Å². The minimum atomic E-state index is -2.50. The van der Waals surface area contributed by atoms with Crippen molar-refractivity contribution in [2.24, 2.45) is 0 Å². The van der Waals surface area contributed by atoms with Crippen LogP contribution >= 0.6 is 0 Å². The van der Waals surface area contributed by atoms with Gasteiger partial charge in [-0.3, -0.25) is 0 Å². The van der Waals surface area contributed by atoms with Crippen LogP contribution in [-0.4, -0.2) is 0 Å². The normalized spacial score (nSPS) is 10.9. The molecule has 2 aromatic carbocycles. The summed E-state index contributed by atoms with van der Waals surface area (Å²) in [5, 5.41) is 0. The Balaban J connectivity index is 2.56. The summed E-state index contributed by atoms with van der Waals surface area (Å²) in [5.74, 6) is 0. The summed E-state index contributed by atoms with van der Waals surface area (Å²) in [5.41, 5.74) is 9.86. The SMILES string of the molecule is Cc1cc(C)cc(-c2cc(N)cc(C(F)F)c2)c1. The number of hydrogen-bond acceptors (Lipinski definition) is 1. The Bertz CT molecular complexity index is 556. The van der Waals surface area contributed by atoms with Gasteiger partial charge in [0, 0.05) is 11.3 Å². The van der Waals surface area contributed by atoms with Crippen LogP contribution in [0, 0.1) is 13.8 Å². The lowest BCUT2D eigenvalue weighted by Gasteiger charge is -2.09. The number of nitrogen functional groups attached to an aromatic ring is 1. The minimum Gasteiger partial charge on any atom is -0.399 e. The van der Waals surface area contributed by atoms with E-state index in [4.69, 9.17) is 5.73 Å². The number of nitrogens with two attached hydrogens (primary N) is 1. The summed E-state index contributed by atoms with van der Waals surface area (Å²) in [6, 6.07) is 10.5. The fourth-order valence-corrected chi connectivity index (χ4v) is 2.11. The number of hydrogen-bond donors (Lipinski definition) is 1. The molecule has 94 valence electrons. The number of alkyl halides is 2. The predicted molar refractivity (Wildman–Crippen MR) is 70.7 cm³/mol. The van der Waals surface area contributed by atoms with Crippen LogP contribution in [0.15, 0.2) is 36.4 Å². The Morgan fingerprint density at radius 1 is 0.833 bits per heavy atom. The van der Waals surface area contributed by atoms with Crippen LogP contribution < -0.4 is 5.73 Å². The summed E-state index contributed by atoms with van der Waals surface area (Å²) in [4.78, 5) is 0. The second-order valence-corrected chi connectivity index (χ2v) is 4.57. The van der Waals surface area contributed by atoms with E-state index in [0.717, 1.165) is 22.3 Å². The molecule has 0 amide bonds. The molecule has 0 heterocycles. The highest BCUT2D eigenvalue weighted by Gasteiger charge is 2.10. The largest absolute Gasteiger partial charge is 0.399 e. The van der Waals surface area contributed by atoms with E-state index < -0.39 is 6.43 Å². The zero-order valence-electron chi connectivity index (χ0n) is 10.4. The second-order valence-electron chi connectivity index (χ2n) is 4.57. The molecule has 0 aliphatic heterocycles.